The molecular formula is C16H16N4O3. The Morgan fingerprint density at radius 3 is 2.83 bits per heavy atom. The van der Waals surface area contributed by atoms with Crippen molar-refractivity contribution >= 4 is 11.0 Å². The van der Waals surface area contributed by atoms with Crippen LogP contribution in [0.4, 0.5) is 0 Å². The Kier molecular flexibility index (Phi) is 4.18. The van der Waals surface area contributed by atoms with E-state index in [-0.39, 0.29) is 17.2 Å². The van der Waals surface area contributed by atoms with Crippen LogP contribution in [0.5, 0.6) is 11.8 Å². The Morgan fingerprint density at radius 1 is 1.22 bits per heavy atom. The van der Waals surface area contributed by atoms with Crippen LogP contribution < -0.4 is 15.0 Å². The SMILES string of the molecule is CCCOc1ccccc1-c1nc2nc(OC)ncc2c(=O)[nH]1. The zero-order valence-electron chi connectivity index (χ0n) is 12.9. The third kappa shape index (κ3) is 2.98. The first kappa shape index (κ1) is 15.0. The molecule has 1 aromatic carbocycles. The molecule has 0 fully saturated rings. The van der Waals surface area contributed by atoms with E-state index in [0.29, 0.717) is 29.1 Å². The van der Waals surface area contributed by atoms with E-state index >= 15 is 0 Å². The van der Waals surface area contributed by atoms with Crippen LogP contribution in [0.15, 0.2) is 35.3 Å². The quantitative estimate of drug-likeness (QED) is 0.776. The number of rotatable bonds is 5. The number of nitrogens with one attached hydrogen (secondary N) is 1. The van der Waals surface area contributed by atoms with Crippen molar-refractivity contribution in [1.82, 2.24) is 19.9 Å². The van der Waals surface area contributed by atoms with Crippen LogP contribution in [0.1, 0.15) is 13.3 Å². The maximum absolute atomic E-state index is 12.2. The highest BCUT2D eigenvalue weighted by molar-refractivity contribution is 5.76. The minimum Gasteiger partial charge on any atom is -0.493 e. The average molecular weight is 312 g/mol. The van der Waals surface area contributed by atoms with Gasteiger partial charge in [0.25, 0.3) is 5.56 Å². The molecule has 7 nitrogen and oxygen atoms in total. The minimum atomic E-state index is -0.307. The van der Waals surface area contributed by atoms with Gasteiger partial charge in [0.2, 0.25) is 0 Å². The molecule has 3 aromatic rings. The average Bonchev–Trinajstić information content (AvgIpc) is 2.59. The fraction of sp³-hybridized carbons (Fsp3) is 0.250. The van der Waals surface area contributed by atoms with Crippen LogP contribution in [0.3, 0.4) is 0 Å². The highest BCUT2D eigenvalue weighted by Crippen LogP contribution is 2.27. The van der Waals surface area contributed by atoms with E-state index in [1.807, 2.05) is 31.2 Å². The molecule has 2 aromatic heterocycles. The summed E-state index contributed by atoms with van der Waals surface area (Å²) in [6.45, 7) is 2.62. The number of ether oxygens (including phenoxy) is 2. The van der Waals surface area contributed by atoms with Crippen molar-refractivity contribution in [3.05, 3.63) is 40.8 Å². The number of hydrogen-bond acceptors (Lipinski definition) is 6. The second-order valence-corrected chi connectivity index (χ2v) is 4.85. The van der Waals surface area contributed by atoms with Gasteiger partial charge in [0.1, 0.15) is 17.0 Å². The molecule has 118 valence electrons. The maximum Gasteiger partial charge on any atom is 0.318 e. The van der Waals surface area contributed by atoms with Crippen LogP contribution in [0.2, 0.25) is 0 Å². The number of hydrogen-bond donors (Lipinski definition) is 1. The van der Waals surface area contributed by atoms with Gasteiger partial charge in [-0.3, -0.25) is 4.79 Å². The molecule has 0 aliphatic heterocycles. The van der Waals surface area contributed by atoms with Gasteiger partial charge in [-0.2, -0.15) is 4.98 Å². The lowest BCUT2D eigenvalue weighted by Crippen LogP contribution is -2.12. The molecule has 0 spiro atoms. The molecule has 0 saturated carbocycles. The molecule has 0 aliphatic carbocycles. The summed E-state index contributed by atoms with van der Waals surface area (Å²) in [5, 5.41) is 0.307. The molecule has 0 atom stereocenters. The summed E-state index contributed by atoms with van der Waals surface area (Å²) in [4.78, 5) is 27.5. The highest BCUT2D eigenvalue weighted by atomic mass is 16.5. The molecule has 7 heteroatoms. The van der Waals surface area contributed by atoms with E-state index in [1.54, 1.807) is 0 Å². The van der Waals surface area contributed by atoms with Crippen molar-refractivity contribution in [3.63, 3.8) is 0 Å². The van der Waals surface area contributed by atoms with E-state index in [4.69, 9.17) is 9.47 Å². The number of benzene rings is 1. The summed E-state index contributed by atoms with van der Waals surface area (Å²) in [5.74, 6) is 1.06. The first-order valence-corrected chi connectivity index (χ1v) is 7.26. The van der Waals surface area contributed by atoms with Crippen LogP contribution >= 0.6 is 0 Å². The number of fused-ring (bicyclic) bond motifs is 1. The van der Waals surface area contributed by atoms with Crippen LogP contribution in [-0.2, 0) is 0 Å². The predicted octanol–water partition coefficient (Wildman–Crippen LogP) is 2.18. The third-order valence-electron chi connectivity index (χ3n) is 3.23. The van der Waals surface area contributed by atoms with Crippen molar-refractivity contribution < 1.29 is 9.47 Å². The third-order valence-corrected chi connectivity index (χ3v) is 3.23. The molecule has 0 aliphatic rings. The Morgan fingerprint density at radius 2 is 2.04 bits per heavy atom. The topological polar surface area (TPSA) is 90.0 Å². The molecule has 1 N–H and O–H groups in total. The molecule has 0 unspecified atom stereocenters. The summed E-state index contributed by atoms with van der Waals surface area (Å²) < 4.78 is 10.7. The summed E-state index contributed by atoms with van der Waals surface area (Å²) in [6.07, 6.45) is 2.29. The lowest BCUT2D eigenvalue weighted by atomic mass is 10.2. The van der Waals surface area contributed by atoms with Crippen molar-refractivity contribution in [2.75, 3.05) is 13.7 Å². The van der Waals surface area contributed by atoms with E-state index in [9.17, 15) is 4.79 Å². The zero-order valence-corrected chi connectivity index (χ0v) is 12.9. The van der Waals surface area contributed by atoms with Gasteiger partial charge in [-0.05, 0) is 18.6 Å². The van der Waals surface area contributed by atoms with Crippen molar-refractivity contribution in [1.29, 1.82) is 0 Å². The zero-order chi connectivity index (χ0) is 16.2. The van der Waals surface area contributed by atoms with Crippen LogP contribution in [0.25, 0.3) is 22.4 Å². The van der Waals surface area contributed by atoms with Crippen LogP contribution in [0, 0.1) is 0 Å². The lowest BCUT2D eigenvalue weighted by Gasteiger charge is -2.10. The van der Waals surface area contributed by atoms with Gasteiger partial charge in [-0.25, -0.2) is 9.97 Å². The second-order valence-electron chi connectivity index (χ2n) is 4.85. The highest BCUT2D eigenvalue weighted by Gasteiger charge is 2.12. The smallest absolute Gasteiger partial charge is 0.318 e. The van der Waals surface area contributed by atoms with Gasteiger partial charge in [0.05, 0.1) is 19.3 Å². The summed E-state index contributed by atoms with van der Waals surface area (Å²) in [7, 11) is 1.46. The number of aromatic nitrogens is 4. The van der Waals surface area contributed by atoms with Gasteiger partial charge in [-0.15, -0.1) is 0 Å². The molecule has 3 rings (SSSR count). The Balaban J connectivity index is 2.15. The van der Waals surface area contributed by atoms with Crippen molar-refractivity contribution in [3.8, 4) is 23.1 Å². The van der Waals surface area contributed by atoms with Gasteiger partial charge in [-0.1, -0.05) is 19.1 Å². The van der Waals surface area contributed by atoms with Gasteiger partial charge in [0, 0.05) is 6.20 Å². The number of aromatic amines is 1. The summed E-state index contributed by atoms with van der Waals surface area (Å²) >= 11 is 0. The van der Waals surface area contributed by atoms with Crippen molar-refractivity contribution in [2.45, 2.75) is 13.3 Å². The Bertz CT molecular complexity index is 892. The fourth-order valence-electron chi connectivity index (χ4n) is 2.14. The normalized spacial score (nSPS) is 10.7. The van der Waals surface area contributed by atoms with Crippen molar-refractivity contribution in [2.24, 2.45) is 0 Å². The monoisotopic (exact) mass is 312 g/mol. The lowest BCUT2D eigenvalue weighted by molar-refractivity contribution is 0.318. The van der Waals surface area contributed by atoms with E-state index in [2.05, 4.69) is 19.9 Å². The molecule has 0 bridgehead atoms. The number of methoxy groups -OCH3 is 1. The number of nitrogens with zero attached hydrogens (tertiary/aromatic N) is 3. The minimum absolute atomic E-state index is 0.164. The second kappa shape index (κ2) is 6.43. The Hall–Kier alpha value is -2.96. The molecule has 23 heavy (non-hydrogen) atoms. The van der Waals surface area contributed by atoms with E-state index in [0.717, 1.165) is 6.42 Å². The molecule has 0 radical (unpaired) electrons. The van der Waals surface area contributed by atoms with Gasteiger partial charge in [0.15, 0.2) is 5.65 Å². The molecule has 2 heterocycles. The first-order valence-electron chi connectivity index (χ1n) is 7.26. The summed E-state index contributed by atoms with van der Waals surface area (Å²) in [5.41, 5.74) is 0.677. The first-order chi connectivity index (χ1) is 11.2. The van der Waals surface area contributed by atoms with Gasteiger partial charge >= 0.3 is 6.01 Å². The van der Waals surface area contributed by atoms with E-state index < -0.39 is 0 Å². The maximum atomic E-state index is 12.2. The number of H-pyrrole nitrogens is 1. The van der Waals surface area contributed by atoms with E-state index in [1.165, 1.54) is 13.3 Å². The molecular weight excluding hydrogens is 296 g/mol. The van der Waals surface area contributed by atoms with Crippen LogP contribution in [-0.4, -0.2) is 33.7 Å². The largest absolute Gasteiger partial charge is 0.493 e. The van der Waals surface area contributed by atoms with Gasteiger partial charge < -0.3 is 14.5 Å². The fourth-order valence-corrected chi connectivity index (χ4v) is 2.14. The molecule has 0 saturated heterocycles. The Labute approximate surface area is 132 Å². The summed E-state index contributed by atoms with van der Waals surface area (Å²) in [6, 6.07) is 7.58. The predicted molar refractivity (Wildman–Crippen MR) is 85.7 cm³/mol. The standard InChI is InChI=1S/C16H16N4O3/c1-3-8-23-12-7-5-4-6-10(12)13-18-14-11(15(21)19-13)9-17-16(20-14)22-2/h4-7,9H,3,8H2,1-2H3,(H,17,18,19,20,21). The number of para-hydroxylation sites is 1. The molecule has 0 amide bonds.